The summed E-state index contributed by atoms with van der Waals surface area (Å²) < 4.78 is 1.71. The van der Waals surface area contributed by atoms with Gasteiger partial charge >= 0.3 is 0 Å². The zero-order valence-electron chi connectivity index (χ0n) is 4.30. The van der Waals surface area contributed by atoms with Crippen molar-refractivity contribution >= 4 is 22.6 Å². The molecule has 0 aromatic carbocycles. The summed E-state index contributed by atoms with van der Waals surface area (Å²) in [6.45, 7) is 0. The lowest BCUT2D eigenvalue weighted by Gasteiger charge is -2.09. The van der Waals surface area contributed by atoms with Crippen LogP contribution in [0.4, 0.5) is 0 Å². The van der Waals surface area contributed by atoms with Gasteiger partial charge in [-0.1, -0.05) is 0 Å². The molecule has 0 aromatic heterocycles. The van der Waals surface area contributed by atoms with Gasteiger partial charge in [-0.05, 0) is 0 Å². The van der Waals surface area contributed by atoms with E-state index in [0.717, 1.165) is 0 Å². The highest BCUT2D eigenvalue weighted by molar-refractivity contribution is 6.62. The minimum Gasteiger partial charge on any atom is -0.394 e. The molecule has 0 saturated carbocycles. The van der Waals surface area contributed by atoms with E-state index < -0.39 is 0 Å². The Balaban J connectivity index is 2.99. The molecule has 0 aliphatic heterocycles. The van der Waals surface area contributed by atoms with Crippen LogP contribution in [-0.4, -0.2) is 27.3 Å². The fraction of sp³-hybridized carbons (Fsp3) is 0. The molecule has 7 heavy (non-hydrogen) atoms. The van der Waals surface area contributed by atoms with Crippen LogP contribution in [0.25, 0.3) is 0 Å². The van der Waals surface area contributed by atoms with Crippen LogP contribution in [0.5, 0.6) is 0 Å². The second-order valence-electron chi connectivity index (χ2n) is 1.22. The minimum atomic E-state index is 0.438. The van der Waals surface area contributed by atoms with Gasteiger partial charge in [0.15, 0.2) is 0 Å². The SMILES string of the molecule is NBN(BN)BN. The van der Waals surface area contributed by atoms with Crippen LogP contribution in [0.15, 0.2) is 0 Å². The molecule has 7 heteroatoms. The van der Waals surface area contributed by atoms with Crippen LogP contribution in [0.1, 0.15) is 0 Å². The zero-order chi connectivity index (χ0) is 5.70. The van der Waals surface area contributed by atoms with E-state index in [0.29, 0.717) is 22.6 Å². The fourth-order valence-corrected chi connectivity index (χ4v) is 0.224. The van der Waals surface area contributed by atoms with Crippen molar-refractivity contribution in [3.63, 3.8) is 0 Å². The molecule has 0 radical (unpaired) electrons. The molecule has 0 heterocycles. The fourth-order valence-electron chi connectivity index (χ4n) is 0.224. The first-order valence-electron chi connectivity index (χ1n) is 2.17. The van der Waals surface area contributed by atoms with Crippen LogP contribution in [0.2, 0.25) is 0 Å². The lowest BCUT2D eigenvalue weighted by molar-refractivity contribution is 1.06. The lowest BCUT2D eigenvalue weighted by Crippen LogP contribution is -2.47. The number of hydrogen-bond acceptors (Lipinski definition) is 4. The van der Waals surface area contributed by atoms with Crippen molar-refractivity contribution in [2.75, 3.05) is 0 Å². The zero-order valence-corrected chi connectivity index (χ0v) is 4.30. The average Bonchev–Trinajstić information content (AvgIpc) is 1.72. The van der Waals surface area contributed by atoms with Crippen molar-refractivity contribution in [3.05, 3.63) is 0 Å². The van der Waals surface area contributed by atoms with Gasteiger partial charge in [0.2, 0.25) is 0 Å². The number of nitrogens with zero attached hydrogens (tertiary/aromatic N) is 1. The van der Waals surface area contributed by atoms with E-state index in [4.69, 9.17) is 16.9 Å². The van der Waals surface area contributed by atoms with Gasteiger partial charge in [-0.15, -0.1) is 0 Å². The lowest BCUT2D eigenvalue weighted by atomic mass is 9.85. The maximum absolute atomic E-state index is 5.16. The van der Waals surface area contributed by atoms with Crippen molar-refractivity contribution in [2.45, 2.75) is 0 Å². The van der Waals surface area contributed by atoms with Crippen molar-refractivity contribution < 1.29 is 0 Å². The molecule has 0 aromatic rings. The maximum Gasteiger partial charge on any atom is 0.265 e. The summed E-state index contributed by atoms with van der Waals surface area (Å²) in [7, 11) is 1.31. The van der Waals surface area contributed by atoms with Gasteiger partial charge in [0.05, 0.1) is 0 Å². The van der Waals surface area contributed by atoms with E-state index in [1.165, 1.54) is 0 Å². The number of hydrogen-bond donors (Lipinski definition) is 3. The second-order valence-corrected chi connectivity index (χ2v) is 1.22. The Labute approximate surface area is 45.3 Å². The monoisotopic (exact) mass is 98.1 g/mol. The Morgan fingerprint density at radius 2 is 1.14 bits per heavy atom. The molecular formula is H9B3N4. The van der Waals surface area contributed by atoms with Crippen molar-refractivity contribution in [1.82, 2.24) is 4.63 Å². The molecule has 4 nitrogen and oxygen atoms in total. The van der Waals surface area contributed by atoms with E-state index in [9.17, 15) is 0 Å². The first-order valence-corrected chi connectivity index (χ1v) is 2.17. The average molecular weight is 97.5 g/mol. The Morgan fingerprint density at radius 3 is 1.14 bits per heavy atom. The predicted molar refractivity (Wildman–Crippen MR) is 35.8 cm³/mol. The highest BCUT2D eigenvalue weighted by atomic mass is 15.0. The first-order chi connectivity index (χ1) is 3.35. The molecule has 0 atom stereocenters. The molecule has 0 aliphatic rings. The number of rotatable bonds is 3. The third-order valence-corrected chi connectivity index (χ3v) is 0.775. The van der Waals surface area contributed by atoms with Crippen LogP contribution in [0, 0.1) is 0 Å². The molecule has 0 rings (SSSR count). The first kappa shape index (κ1) is 7.03. The number of nitrogens with two attached hydrogens (primary N) is 3. The van der Waals surface area contributed by atoms with E-state index in [1.807, 2.05) is 0 Å². The molecular weight excluding hydrogens is 88.5 g/mol. The van der Waals surface area contributed by atoms with Crippen LogP contribution in [0.3, 0.4) is 0 Å². The van der Waals surface area contributed by atoms with Gasteiger partial charge in [-0.3, -0.25) is 0 Å². The molecule has 0 saturated heterocycles. The predicted octanol–water partition coefficient (Wildman–Crippen LogP) is -4.04. The van der Waals surface area contributed by atoms with Gasteiger partial charge in [-0.2, -0.15) is 0 Å². The topological polar surface area (TPSA) is 81.3 Å². The molecule has 0 spiro atoms. The van der Waals surface area contributed by atoms with E-state index in [2.05, 4.69) is 0 Å². The summed E-state index contributed by atoms with van der Waals surface area (Å²) in [5.41, 5.74) is 15.5. The Kier molecular flexibility index (Phi) is 4.22. The largest absolute Gasteiger partial charge is 0.394 e. The summed E-state index contributed by atoms with van der Waals surface area (Å²) in [5, 5.41) is 0. The molecule has 38 valence electrons. The third kappa shape index (κ3) is 2.70. The van der Waals surface area contributed by atoms with Gasteiger partial charge < -0.3 is 21.6 Å². The summed E-state index contributed by atoms with van der Waals surface area (Å²) in [4.78, 5) is 0. The highest BCUT2D eigenvalue weighted by Crippen LogP contribution is 1.58. The highest BCUT2D eigenvalue weighted by Gasteiger charge is 1.97. The van der Waals surface area contributed by atoms with Crippen LogP contribution in [-0.2, 0) is 0 Å². The van der Waals surface area contributed by atoms with Crippen LogP contribution >= 0.6 is 0 Å². The molecule has 0 unspecified atom stereocenters. The molecule has 0 amide bonds. The standard InChI is InChI=1S/B3H9N4/c4-1-7(2-5)3-6/h1-3H,4-6H2. The summed E-state index contributed by atoms with van der Waals surface area (Å²) >= 11 is 0. The summed E-state index contributed by atoms with van der Waals surface area (Å²) in [6, 6.07) is 0. The quantitative estimate of drug-likeness (QED) is 0.313. The van der Waals surface area contributed by atoms with E-state index in [-0.39, 0.29) is 0 Å². The summed E-state index contributed by atoms with van der Waals surface area (Å²) in [5.74, 6) is 0. The smallest absolute Gasteiger partial charge is 0.265 e. The van der Waals surface area contributed by atoms with Crippen LogP contribution < -0.4 is 16.9 Å². The van der Waals surface area contributed by atoms with Gasteiger partial charge in [0, 0.05) is 0 Å². The van der Waals surface area contributed by atoms with Crippen molar-refractivity contribution in [3.8, 4) is 0 Å². The van der Waals surface area contributed by atoms with Crippen molar-refractivity contribution in [2.24, 2.45) is 16.9 Å². The summed E-state index contributed by atoms with van der Waals surface area (Å²) in [6.07, 6.45) is 0. The Bertz CT molecular complexity index is 28.4. The van der Waals surface area contributed by atoms with Gasteiger partial charge in [0.25, 0.3) is 22.6 Å². The van der Waals surface area contributed by atoms with Crippen molar-refractivity contribution in [1.29, 1.82) is 0 Å². The van der Waals surface area contributed by atoms with Gasteiger partial charge in [-0.25, -0.2) is 0 Å². The normalized spacial score (nSPS) is 8.57. The second kappa shape index (κ2) is 4.20. The third-order valence-electron chi connectivity index (χ3n) is 0.775. The molecule has 0 fully saturated rings. The Hall–Kier alpha value is 0.0348. The minimum absolute atomic E-state index is 0.438. The van der Waals surface area contributed by atoms with E-state index >= 15 is 0 Å². The molecule has 6 N–H and O–H groups in total. The molecule has 0 bridgehead atoms. The Morgan fingerprint density at radius 1 is 0.857 bits per heavy atom. The van der Waals surface area contributed by atoms with Gasteiger partial charge in [0.1, 0.15) is 0 Å². The van der Waals surface area contributed by atoms with E-state index in [1.54, 1.807) is 4.63 Å². The molecule has 0 aliphatic carbocycles. The maximum atomic E-state index is 5.16.